The van der Waals surface area contributed by atoms with Gasteiger partial charge in [-0.25, -0.2) is 9.59 Å². The number of hydrogen-bond donors (Lipinski definition) is 6. The summed E-state index contributed by atoms with van der Waals surface area (Å²) >= 11 is 0. The third-order valence-electron chi connectivity index (χ3n) is 6.06. The van der Waals surface area contributed by atoms with Gasteiger partial charge in [0.05, 0.1) is 32.9 Å². The van der Waals surface area contributed by atoms with E-state index in [1.807, 2.05) is 6.92 Å². The Balaban J connectivity index is 0.00000201. The van der Waals surface area contributed by atoms with Gasteiger partial charge in [-0.3, -0.25) is 28.9 Å². The number of primary amides is 1. The quantitative estimate of drug-likeness (QED) is 0.0733. The zero-order valence-corrected chi connectivity index (χ0v) is 29.0. The molecule has 0 radical (unpaired) electrons. The summed E-state index contributed by atoms with van der Waals surface area (Å²) in [5.74, 6) is -2.24. The van der Waals surface area contributed by atoms with Crippen molar-refractivity contribution in [3.63, 3.8) is 0 Å². The van der Waals surface area contributed by atoms with Gasteiger partial charge >= 0.3 is 12.2 Å². The lowest BCUT2D eigenvalue weighted by Gasteiger charge is -2.21. The highest BCUT2D eigenvalue weighted by Gasteiger charge is 2.28. The summed E-state index contributed by atoms with van der Waals surface area (Å²) in [6.07, 6.45) is 1.25. The van der Waals surface area contributed by atoms with Crippen LogP contribution in [0.2, 0.25) is 0 Å². The molecule has 1 unspecified atom stereocenters. The Morgan fingerprint density at radius 3 is 2.00 bits per heavy atom. The van der Waals surface area contributed by atoms with Crippen LogP contribution in [0.4, 0.5) is 15.3 Å². The number of anilines is 1. The number of rotatable bonds is 18. The highest BCUT2D eigenvalue weighted by Crippen LogP contribution is 2.11. The standard InChI is InChI=1S/C25H34N4O10.C4H10N2O.C3H8/c1-16(2)23(28-20(31)15-38-12-11-37-10-9-29-21(32)7-8-22(29)33)24(34)26-13-19(30)27-18-5-3-17(4-6-18)14-39-25(35)36;1-2-3-6-4(5)7;1-3-2/h3-6,16,23H,7-15H2,1-2H3,(H,26,34)(H,27,30)(H,28,31)(H,35,36);2-3H2,1H3,(H3,5,6,7);3H2,1-2H3. The van der Waals surface area contributed by atoms with Gasteiger partial charge in [-0.1, -0.05) is 53.2 Å². The Labute approximate surface area is 286 Å². The van der Waals surface area contributed by atoms with Crippen LogP contribution in [0.25, 0.3) is 0 Å². The number of carbonyl (C=O) groups excluding carboxylic acids is 6. The van der Waals surface area contributed by atoms with E-state index < -0.39 is 35.9 Å². The Morgan fingerprint density at radius 1 is 0.898 bits per heavy atom. The van der Waals surface area contributed by atoms with Gasteiger partial charge in [-0.15, -0.1) is 0 Å². The molecule has 2 rings (SSSR count). The monoisotopic (exact) mass is 696 g/mol. The maximum Gasteiger partial charge on any atom is 0.506 e. The van der Waals surface area contributed by atoms with E-state index in [0.29, 0.717) is 17.8 Å². The molecule has 1 heterocycles. The Bertz CT molecular complexity index is 1180. The minimum Gasteiger partial charge on any atom is -0.450 e. The van der Waals surface area contributed by atoms with Gasteiger partial charge in [0, 0.05) is 25.1 Å². The lowest BCUT2D eigenvalue weighted by Crippen LogP contribution is -2.51. The second-order valence-corrected chi connectivity index (χ2v) is 10.9. The number of hydrogen-bond acceptors (Lipinski definition) is 10. The zero-order chi connectivity index (χ0) is 37.2. The molecule has 1 aromatic carbocycles. The number of likely N-dealkylation sites (tertiary alicyclic amines) is 1. The first-order valence-corrected chi connectivity index (χ1v) is 16.1. The molecule has 0 aliphatic carbocycles. The Hall–Kier alpha value is -4.77. The average Bonchev–Trinajstić information content (AvgIpc) is 3.37. The van der Waals surface area contributed by atoms with Crippen LogP contribution in [0.3, 0.4) is 0 Å². The molecular weight excluding hydrogens is 644 g/mol. The van der Waals surface area contributed by atoms with E-state index in [1.54, 1.807) is 38.1 Å². The van der Waals surface area contributed by atoms with E-state index in [1.165, 1.54) is 6.42 Å². The molecule has 7 N–H and O–H groups in total. The molecule has 0 aromatic heterocycles. The smallest absolute Gasteiger partial charge is 0.450 e. The van der Waals surface area contributed by atoms with E-state index in [2.05, 4.69) is 39.9 Å². The van der Waals surface area contributed by atoms with Gasteiger partial charge in [-0.05, 0) is 30.0 Å². The molecule has 1 aliphatic rings. The molecule has 1 atom stereocenters. The molecule has 7 amide bonds. The number of nitrogens with zero attached hydrogens (tertiary/aromatic N) is 1. The number of imide groups is 1. The maximum atomic E-state index is 12.6. The van der Waals surface area contributed by atoms with E-state index in [0.717, 1.165) is 11.3 Å². The first kappa shape index (κ1) is 44.2. The summed E-state index contributed by atoms with van der Waals surface area (Å²) in [6, 6.07) is 4.98. The number of urea groups is 1. The van der Waals surface area contributed by atoms with Gasteiger partial charge in [-0.2, -0.15) is 0 Å². The van der Waals surface area contributed by atoms with Crippen LogP contribution in [0.1, 0.15) is 65.9 Å². The molecule has 17 nitrogen and oxygen atoms in total. The largest absolute Gasteiger partial charge is 0.506 e. The van der Waals surface area contributed by atoms with Crippen molar-refractivity contribution in [3.8, 4) is 0 Å². The third kappa shape index (κ3) is 21.7. The Kier molecular flexibility index (Phi) is 23.7. The summed E-state index contributed by atoms with van der Waals surface area (Å²) < 4.78 is 15.0. The number of nitrogens with two attached hydrogens (primary N) is 1. The van der Waals surface area contributed by atoms with Gasteiger partial charge < -0.3 is 46.3 Å². The van der Waals surface area contributed by atoms with E-state index in [-0.39, 0.29) is 76.7 Å². The normalized spacial score (nSPS) is 12.5. The molecular formula is C32H52N6O11. The average molecular weight is 697 g/mol. The number of amides is 7. The van der Waals surface area contributed by atoms with Gasteiger partial charge in [0.1, 0.15) is 19.3 Å². The second kappa shape index (κ2) is 26.2. The molecule has 1 aliphatic heterocycles. The molecule has 1 fully saturated rings. The van der Waals surface area contributed by atoms with Gasteiger partial charge in [0.2, 0.25) is 29.5 Å². The van der Waals surface area contributed by atoms with Gasteiger partial charge in [0.25, 0.3) is 0 Å². The predicted molar refractivity (Wildman–Crippen MR) is 179 cm³/mol. The molecule has 1 saturated heterocycles. The van der Waals surface area contributed by atoms with Crippen LogP contribution in [-0.2, 0) is 44.8 Å². The number of carboxylic acid groups (broad SMARTS) is 1. The topological polar surface area (TPSA) is 245 Å². The van der Waals surface area contributed by atoms with Crippen LogP contribution in [0, 0.1) is 5.92 Å². The fourth-order valence-corrected chi connectivity index (χ4v) is 3.72. The Morgan fingerprint density at radius 2 is 1.49 bits per heavy atom. The first-order valence-electron chi connectivity index (χ1n) is 16.1. The van der Waals surface area contributed by atoms with Crippen LogP contribution in [-0.4, -0.2) is 104 Å². The summed E-state index contributed by atoms with van der Waals surface area (Å²) in [6.45, 7) is 10.2. The molecule has 0 saturated carbocycles. The summed E-state index contributed by atoms with van der Waals surface area (Å²) in [5, 5.41) is 18.6. The highest BCUT2D eigenvalue weighted by atomic mass is 16.7. The molecule has 1 aromatic rings. The van der Waals surface area contributed by atoms with Crippen LogP contribution < -0.4 is 27.0 Å². The zero-order valence-electron chi connectivity index (χ0n) is 29.0. The lowest BCUT2D eigenvalue weighted by atomic mass is 10.0. The number of nitrogens with one attached hydrogen (secondary N) is 4. The van der Waals surface area contributed by atoms with Crippen LogP contribution in [0.5, 0.6) is 0 Å². The van der Waals surface area contributed by atoms with Crippen LogP contribution >= 0.6 is 0 Å². The molecule has 0 spiro atoms. The van der Waals surface area contributed by atoms with Crippen molar-refractivity contribution < 1.29 is 52.9 Å². The SMILES string of the molecule is CC(C)C(NC(=O)COCCOCCN1C(=O)CCC1=O)C(=O)NCC(=O)Nc1ccc(COC(=O)O)cc1.CCC.CCCNC(N)=O. The van der Waals surface area contributed by atoms with E-state index in [4.69, 9.17) is 20.3 Å². The summed E-state index contributed by atoms with van der Waals surface area (Å²) in [4.78, 5) is 81.5. The molecule has 17 heteroatoms. The fourth-order valence-electron chi connectivity index (χ4n) is 3.72. The van der Waals surface area contributed by atoms with E-state index in [9.17, 15) is 33.6 Å². The minimum atomic E-state index is -1.39. The van der Waals surface area contributed by atoms with Gasteiger partial charge in [0.15, 0.2) is 0 Å². The maximum absolute atomic E-state index is 12.6. The molecule has 276 valence electrons. The highest BCUT2D eigenvalue weighted by molar-refractivity contribution is 6.01. The van der Waals surface area contributed by atoms with Crippen molar-refractivity contribution >= 4 is 47.4 Å². The number of carbonyl (C=O) groups is 7. The van der Waals surface area contributed by atoms with Crippen molar-refractivity contribution in [1.29, 1.82) is 0 Å². The van der Waals surface area contributed by atoms with Crippen molar-refractivity contribution in [2.75, 3.05) is 51.4 Å². The van der Waals surface area contributed by atoms with Crippen molar-refractivity contribution in [2.45, 2.75) is 73.0 Å². The van der Waals surface area contributed by atoms with Crippen molar-refractivity contribution in [3.05, 3.63) is 29.8 Å². The predicted octanol–water partition coefficient (Wildman–Crippen LogP) is 1.74. The first-order chi connectivity index (χ1) is 23.2. The number of benzene rings is 1. The van der Waals surface area contributed by atoms with Crippen molar-refractivity contribution in [2.24, 2.45) is 11.7 Å². The summed E-state index contributed by atoms with van der Waals surface area (Å²) in [5.41, 5.74) is 5.77. The summed E-state index contributed by atoms with van der Waals surface area (Å²) in [7, 11) is 0. The molecule has 49 heavy (non-hydrogen) atoms. The van der Waals surface area contributed by atoms with Crippen molar-refractivity contribution in [1.82, 2.24) is 20.9 Å². The second-order valence-electron chi connectivity index (χ2n) is 10.9. The van der Waals surface area contributed by atoms with E-state index >= 15 is 0 Å². The minimum absolute atomic E-state index is 0.0988. The number of ether oxygens (including phenoxy) is 3. The lowest BCUT2D eigenvalue weighted by molar-refractivity contribution is -0.139. The third-order valence-corrected chi connectivity index (χ3v) is 6.06. The van der Waals surface area contributed by atoms with Crippen LogP contribution in [0.15, 0.2) is 24.3 Å². The fraction of sp³-hybridized carbons (Fsp3) is 0.594. The molecule has 0 bridgehead atoms.